The van der Waals surface area contributed by atoms with E-state index in [-0.39, 0.29) is 71.4 Å². The Bertz CT molecular complexity index is 2690. The largest absolute Gasteiger partial charge is 0.465 e. The highest BCUT2D eigenvalue weighted by Crippen LogP contribution is 2.45. The molecule has 1 heterocycles. The van der Waals surface area contributed by atoms with Crippen molar-refractivity contribution in [2.45, 2.75) is 92.3 Å². The third-order valence-electron chi connectivity index (χ3n) is 13.4. The first kappa shape index (κ1) is 50.5. The van der Waals surface area contributed by atoms with Gasteiger partial charge in [-0.2, -0.15) is 0 Å². The van der Waals surface area contributed by atoms with E-state index in [1.165, 1.54) is 0 Å². The minimum atomic E-state index is -1.42. The lowest BCUT2D eigenvalue weighted by Crippen LogP contribution is -2.43. The second-order valence-electron chi connectivity index (χ2n) is 19.4. The first-order valence-electron chi connectivity index (χ1n) is 24.1. The van der Waals surface area contributed by atoms with Gasteiger partial charge in [0.2, 0.25) is 0 Å². The molecule has 0 saturated carbocycles. The molecule has 0 aromatic heterocycles. The SMILES string of the molecule is CCC(C)(CC(C)(CC(CC(C)(C)C(=O)OCCCON=Cc1c2ccccc2cc2ccccc12)C(=O)OCCCO)C(=O)OCCC1CO1)C(=O)OCc1c2ccccc2cc2ccccc12. The highest BCUT2D eigenvalue weighted by Gasteiger charge is 2.49. The molecule has 1 aliphatic heterocycles. The fourth-order valence-electron chi connectivity index (χ4n) is 9.35. The Balaban J connectivity index is 1.03. The van der Waals surface area contributed by atoms with Crippen LogP contribution in [0.15, 0.2) is 114 Å². The van der Waals surface area contributed by atoms with Crippen LogP contribution < -0.4 is 0 Å². The molecule has 1 fully saturated rings. The predicted octanol–water partition coefficient (Wildman–Crippen LogP) is 10.8. The number of carbonyl (C=O) groups is 4. The maximum atomic E-state index is 14.4. The lowest BCUT2D eigenvalue weighted by molar-refractivity contribution is -0.167. The van der Waals surface area contributed by atoms with Crippen LogP contribution in [-0.4, -0.2) is 80.9 Å². The fourth-order valence-corrected chi connectivity index (χ4v) is 9.35. The van der Waals surface area contributed by atoms with Gasteiger partial charge in [-0.25, -0.2) is 0 Å². The zero-order valence-corrected chi connectivity index (χ0v) is 40.5. The molecule has 4 unspecified atom stereocenters. The van der Waals surface area contributed by atoms with E-state index in [1.54, 1.807) is 33.9 Å². The van der Waals surface area contributed by atoms with E-state index in [4.69, 9.17) is 28.5 Å². The highest BCUT2D eigenvalue weighted by atomic mass is 16.6. The van der Waals surface area contributed by atoms with E-state index in [1.807, 2.05) is 79.7 Å². The Morgan fingerprint density at radius 1 is 0.667 bits per heavy atom. The van der Waals surface area contributed by atoms with Crippen LogP contribution in [0.4, 0.5) is 0 Å². The van der Waals surface area contributed by atoms with E-state index >= 15 is 0 Å². The van der Waals surface area contributed by atoms with E-state index in [0.717, 1.165) is 54.2 Å². The summed E-state index contributed by atoms with van der Waals surface area (Å²) in [5.41, 5.74) is -1.99. The molecular formula is C57H65NO11. The number of aliphatic hydroxyl groups excluding tert-OH is 1. The number of fused-ring (bicyclic) bond motifs is 4. The molecule has 1 saturated heterocycles. The van der Waals surface area contributed by atoms with Gasteiger partial charge in [0.1, 0.15) is 13.2 Å². The monoisotopic (exact) mass is 939 g/mol. The predicted molar refractivity (Wildman–Crippen MR) is 267 cm³/mol. The van der Waals surface area contributed by atoms with Gasteiger partial charge in [-0.1, -0.05) is 109 Å². The number of oxime groups is 1. The van der Waals surface area contributed by atoms with Crippen molar-refractivity contribution in [1.82, 2.24) is 0 Å². The van der Waals surface area contributed by atoms with E-state index in [2.05, 4.69) is 41.6 Å². The van der Waals surface area contributed by atoms with Crippen LogP contribution in [0.25, 0.3) is 43.1 Å². The van der Waals surface area contributed by atoms with Crippen LogP contribution in [0, 0.1) is 22.2 Å². The summed E-state index contributed by atoms with van der Waals surface area (Å²) in [6.07, 6.45) is 2.97. The summed E-state index contributed by atoms with van der Waals surface area (Å²) in [5.74, 6) is -3.25. The van der Waals surface area contributed by atoms with Crippen LogP contribution in [0.1, 0.15) is 90.7 Å². The second kappa shape index (κ2) is 22.8. The lowest BCUT2D eigenvalue weighted by Gasteiger charge is -2.38. The van der Waals surface area contributed by atoms with Crippen molar-refractivity contribution in [2.75, 3.05) is 39.6 Å². The maximum Gasteiger partial charge on any atom is 0.312 e. The third-order valence-corrected chi connectivity index (χ3v) is 13.4. The van der Waals surface area contributed by atoms with Gasteiger partial charge in [0, 0.05) is 37.0 Å². The van der Waals surface area contributed by atoms with Gasteiger partial charge < -0.3 is 33.6 Å². The van der Waals surface area contributed by atoms with Gasteiger partial charge in [-0.3, -0.25) is 19.2 Å². The van der Waals surface area contributed by atoms with Gasteiger partial charge in [0.15, 0.2) is 0 Å². The zero-order chi connectivity index (χ0) is 49.0. The fraction of sp³-hybridized carbons (Fsp3) is 0.421. The minimum Gasteiger partial charge on any atom is -0.465 e. The molecular weight excluding hydrogens is 875 g/mol. The number of epoxide rings is 1. The van der Waals surface area contributed by atoms with Crippen molar-refractivity contribution in [3.8, 4) is 0 Å². The van der Waals surface area contributed by atoms with Crippen molar-refractivity contribution in [2.24, 2.45) is 27.3 Å². The molecule has 0 radical (unpaired) electrons. The summed E-state index contributed by atoms with van der Waals surface area (Å²) in [4.78, 5) is 62.3. The topological polar surface area (TPSA) is 160 Å². The number of hydrogen-bond acceptors (Lipinski definition) is 12. The molecule has 69 heavy (non-hydrogen) atoms. The average molecular weight is 940 g/mol. The van der Waals surface area contributed by atoms with Gasteiger partial charge >= 0.3 is 23.9 Å². The Morgan fingerprint density at radius 2 is 1.19 bits per heavy atom. The quantitative estimate of drug-likeness (QED) is 0.0111. The van der Waals surface area contributed by atoms with Gasteiger partial charge in [0.05, 0.1) is 60.9 Å². The average Bonchev–Trinajstić information content (AvgIpc) is 4.18. The molecule has 1 N–H and O–H groups in total. The Hall–Kier alpha value is -6.37. The number of nitrogens with zero attached hydrogens (tertiary/aromatic N) is 1. The zero-order valence-electron chi connectivity index (χ0n) is 40.5. The van der Waals surface area contributed by atoms with Gasteiger partial charge in [-0.05, 0) is 109 Å². The number of benzene rings is 6. The van der Waals surface area contributed by atoms with E-state index < -0.39 is 46.0 Å². The summed E-state index contributed by atoms with van der Waals surface area (Å²) < 4.78 is 28.8. The summed E-state index contributed by atoms with van der Waals surface area (Å²) in [5, 5.41) is 22.0. The smallest absolute Gasteiger partial charge is 0.312 e. The van der Waals surface area contributed by atoms with Crippen LogP contribution in [0.3, 0.4) is 0 Å². The normalized spacial score (nSPS) is 15.9. The minimum absolute atomic E-state index is 0.0107. The summed E-state index contributed by atoms with van der Waals surface area (Å²) >= 11 is 0. The standard InChI is InChI=1S/C57H65NO11/c1-6-56(4,53(62)68-37-50-47-23-13-9-19-41(47)32-42-20-10-14-24-48(42)50)38-57(5,54(63)66-30-25-44-36-67-44)34-43(51(60)64-27-15-26-59)33-55(2,3)52(61)65-28-16-29-69-58-35-49-45-21-11-7-17-39(45)31-40-18-8-12-22-46(40)49/h7-14,17-24,31-32,35,43-44,59H,6,15-16,25-30,33-34,36-38H2,1-5H3. The summed E-state index contributed by atoms with van der Waals surface area (Å²) in [7, 11) is 0. The first-order chi connectivity index (χ1) is 33.2. The third kappa shape index (κ3) is 12.6. The number of rotatable bonds is 25. The van der Waals surface area contributed by atoms with Crippen molar-refractivity contribution >= 4 is 73.2 Å². The molecule has 7 rings (SSSR count). The first-order valence-corrected chi connectivity index (χ1v) is 24.1. The van der Waals surface area contributed by atoms with Gasteiger partial charge in [-0.15, -0.1) is 0 Å². The number of hydrogen-bond donors (Lipinski definition) is 1. The van der Waals surface area contributed by atoms with Crippen molar-refractivity contribution in [3.05, 3.63) is 120 Å². The molecule has 0 spiro atoms. The molecule has 0 amide bonds. The Kier molecular flexibility index (Phi) is 16.7. The van der Waals surface area contributed by atoms with E-state index in [9.17, 15) is 24.3 Å². The molecule has 0 aliphatic carbocycles. The molecule has 0 bridgehead atoms. The van der Waals surface area contributed by atoms with Crippen LogP contribution in [0.2, 0.25) is 0 Å². The Labute approximate surface area is 404 Å². The molecule has 4 atom stereocenters. The number of esters is 4. The lowest BCUT2D eigenvalue weighted by atomic mass is 9.66. The molecule has 1 aliphatic rings. The highest BCUT2D eigenvalue weighted by molar-refractivity contribution is 6.13. The number of ether oxygens (including phenoxy) is 5. The summed E-state index contributed by atoms with van der Waals surface area (Å²) in [6.45, 7) is 9.42. The second-order valence-corrected chi connectivity index (χ2v) is 19.4. The molecule has 364 valence electrons. The van der Waals surface area contributed by atoms with Crippen molar-refractivity contribution in [1.29, 1.82) is 0 Å². The van der Waals surface area contributed by atoms with E-state index in [0.29, 0.717) is 25.9 Å². The van der Waals surface area contributed by atoms with Crippen LogP contribution in [0.5, 0.6) is 0 Å². The maximum absolute atomic E-state index is 14.4. The van der Waals surface area contributed by atoms with Crippen molar-refractivity contribution < 1.29 is 52.8 Å². The molecule has 12 nitrogen and oxygen atoms in total. The number of aliphatic hydroxyl groups is 1. The molecule has 12 heteroatoms. The van der Waals surface area contributed by atoms with Crippen LogP contribution >= 0.6 is 0 Å². The van der Waals surface area contributed by atoms with Crippen LogP contribution in [-0.2, 0) is 54.3 Å². The van der Waals surface area contributed by atoms with Crippen molar-refractivity contribution in [3.63, 3.8) is 0 Å². The molecule has 6 aromatic carbocycles. The molecule has 6 aromatic rings. The van der Waals surface area contributed by atoms with Gasteiger partial charge in [0.25, 0.3) is 0 Å². The summed E-state index contributed by atoms with van der Waals surface area (Å²) in [6, 6.07) is 36.4. The number of carbonyl (C=O) groups excluding carboxylic acids is 4. The Morgan fingerprint density at radius 3 is 1.75 bits per heavy atom.